The van der Waals surface area contributed by atoms with Crippen molar-refractivity contribution in [2.45, 2.75) is 118 Å². The number of piperazine rings is 2. The Hall–Kier alpha value is -10.8. The largest absolute Gasteiger partial charge is 0.497 e. The minimum Gasteiger partial charge on any atom is -0.497 e. The Morgan fingerprint density at radius 3 is 1.31 bits per heavy atom. The number of pyridine rings is 2. The summed E-state index contributed by atoms with van der Waals surface area (Å²) in [4.78, 5) is 108. The third-order valence-electron chi connectivity index (χ3n) is 20.7. The van der Waals surface area contributed by atoms with Gasteiger partial charge in [0, 0.05) is 129 Å². The molecule has 0 radical (unpaired) electrons. The predicted molar refractivity (Wildman–Crippen MR) is 411 cm³/mol. The number of rotatable bonds is 18. The van der Waals surface area contributed by atoms with E-state index >= 15 is 8.78 Å². The standard InChI is InChI=1S/C41H42ClFN4O8.C21H26FN3O4.C19H16ClNO4/c1-21-19-45(16-15-44-21)37-35(43)22(2)33-36(39(37)53-6)46(27-11-12-27)24(4)34(38(33)49)41(51)55-20-54-32(48)18-29-23(3)47(31-14-13-28(52-5)17-30(29)31)40(50)25-7-9-26(42)10-8-25;1-10-9-24(8-7-23-10)18-16(22)11(2)14-17(20(18)29-4)25(13-5-6-13)12(3)15(19(14)26)21(27)28;1-11-15(10-18(22)23)16-9-14(25-2)7-8-17(16)21(11)19(24)12-3-5-13(20)6-4-12/h7-10,13-14,17,21,27,44H,11-12,15-16,18-20H2,1-6H3;10,13,23H,5-9H2,1-4H3,(H,27,28);3-9H,10H2,1-2H3,(H,22,23). The first-order valence-electron chi connectivity index (χ1n) is 35.7. The maximum absolute atomic E-state index is 16.3. The second kappa shape index (κ2) is 31.8. The lowest BCUT2D eigenvalue weighted by Gasteiger charge is -2.35. The summed E-state index contributed by atoms with van der Waals surface area (Å²) in [6.07, 6.45) is 2.95. The lowest BCUT2D eigenvalue weighted by Crippen LogP contribution is -2.49. The Morgan fingerprint density at radius 1 is 0.532 bits per heavy atom. The van der Waals surface area contributed by atoms with Crippen LogP contribution in [0.5, 0.6) is 23.0 Å². The molecular formula is C81H84Cl2F2N8O16. The Bertz CT molecular complexity index is 5490. The molecule has 0 amide bonds. The number of ether oxygens (including phenoxy) is 6. The number of aryl methyl sites for hydroxylation is 2. The van der Waals surface area contributed by atoms with Gasteiger partial charge < -0.3 is 68.2 Å². The number of fused-ring (bicyclic) bond motifs is 4. The molecule has 28 heteroatoms. The van der Waals surface area contributed by atoms with E-state index in [-0.39, 0.29) is 87.6 Å². The van der Waals surface area contributed by atoms with Gasteiger partial charge in [-0.3, -0.25) is 37.9 Å². The quantitative estimate of drug-likeness (QED) is 0.0459. The summed E-state index contributed by atoms with van der Waals surface area (Å²) in [6.45, 7) is 16.8. The molecule has 0 bridgehead atoms. The van der Waals surface area contributed by atoms with E-state index in [1.165, 1.54) is 37.4 Å². The number of methoxy groups -OCH3 is 4. The van der Waals surface area contributed by atoms with E-state index in [0.29, 0.717) is 156 Å². The predicted octanol–water partition coefficient (Wildman–Crippen LogP) is 12.9. The van der Waals surface area contributed by atoms with Gasteiger partial charge in [-0.05, 0) is 177 Å². The van der Waals surface area contributed by atoms with Gasteiger partial charge >= 0.3 is 23.9 Å². The van der Waals surface area contributed by atoms with Crippen LogP contribution in [0.1, 0.15) is 138 Å². The van der Waals surface area contributed by atoms with Crippen LogP contribution in [0.2, 0.25) is 10.0 Å². The van der Waals surface area contributed by atoms with Gasteiger partial charge in [-0.1, -0.05) is 23.2 Å². The fourth-order valence-corrected chi connectivity index (χ4v) is 15.5. The van der Waals surface area contributed by atoms with E-state index in [0.717, 1.165) is 25.7 Å². The first-order chi connectivity index (χ1) is 52.0. The fraction of sp³-hybridized carbons (Fsp3) is 0.358. The second-order valence-electron chi connectivity index (χ2n) is 27.8. The van der Waals surface area contributed by atoms with Crippen molar-refractivity contribution in [2.75, 3.05) is 84.3 Å². The Labute approximate surface area is 635 Å². The second-order valence-corrected chi connectivity index (χ2v) is 28.7. The van der Waals surface area contributed by atoms with Crippen molar-refractivity contribution in [3.8, 4) is 23.0 Å². The molecule has 24 nitrogen and oxygen atoms in total. The zero-order valence-corrected chi connectivity index (χ0v) is 63.9. The number of hydrogen-bond donors (Lipinski definition) is 4. The number of anilines is 2. The molecule has 4 aliphatic rings. The Morgan fingerprint density at radius 2 is 0.936 bits per heavy atom. The fourth-order valence-electron chi connectivity index (χ4n) is 15.2. The van der Waals surface area contributed by atoms with Crippen LogP contribution in [-0.4, -0.2) is 151 Å². The number of esters is 2. The lowest BCUT2D eigenvalue weighted by molar-refractivity contribution is -0.151. The third kappa shape index (κ3) is 14.9. The molecule has 2 unspecified atom stereocenters. The van der Waals surface area contributed by atoms with Crippen LogP contribution in [0.3, 0.4) is 0 Å². The first-order valence-corrected chi connectivity index (χ1v) is 36.4. The highest BCUT2D eigenvalue weighted by Gasteiger charge is 2.39. The van der Waals surface area contributed by atoms with Crippen LogP contribution in [0, 0.1) is 53.2 Å². The maximum atomic E-state index is 16.3. The summed E-state index contributed by atoms with van der Waals surface area (Å²) in [5, 5.41) is 28.1. The zero-order valence-electron chi connectivity index (χ0n) is 62.4. The van der Waals surface area contributed by atoms with Gasteiger partial charge in [-0.15, -0.1) is 0 Å². The van der Waals surface area contributed by atoms with Crippen LogP contribution in [0.4, 0.5) is 20.2 Å². The minimum absolute atomic E-state index is 0.0309. The number of carbonyl (C=O) groups excluding carboxylic acids is 4. The molecule has 572 valence electrons. The van der Waals surface area contributed by atoms with Crippen molar-refractivity contribution >= 4 is 114 Å². The van der Waals surface area contributed by atoms with Crippen LogP contribution < -0.4 is 50.2 Å². The first kappa shape index (κ1) is 77.8. The van der Waals surface area contributed by atoms with Crippen LogP contribution >= 0.6 is 23.2 Å². The smallest absolute Gasteiger partial charge is 0.346 e. The Balaban J connectivity index is 0.000000171. The summed E-state index contributed by atoms with van der Waals surface area (Å²) in [5.41, 5.74) is 5.01. The number of aromatic carboxylic acids is 1. The minimum atomic E-state index is -1.29. The average molecular weight is 1530 g/mol. The van der Waals surface area contributed by atoms with E-state index in [4.69, 9.17) is 51.6 Å². The van der Waals surface area contributed by atoms with Crippen molar-refractivity contribution in [3.05, 3.63) is 194 Å². The highest BCUT2D eigenvalue weighted by molar-refractivity contribution is 6.31. The average Bonchev–Trinajstić information content (AvgIpc) is 1.59. The number of hydrogen-bond acceptors (Lipinski definition) is 18. The molecule has 4 N–H and O–H groups in total. The van der Waals surface area contributed by atoms with E-state index in [2.05, 4.69) is 10.6 Å². The van der Waals surface area contributed by atoms with E-state index < -0.39 is 53.2 Å². The van der Waals surface area contributed by atoms with Gasteiger partial charge in [0.2, 0.25) is 17.7 Å². The zero-order chi connectivity index (χ0) is 78.5. The molecule has 2 aliphatic heterocycles. The molecular weight excluding hydrogens is 1450 g/mol. The maximum Gasteiger partial charge on any atom is 0.346 e. The molecule has 6 heterocycles. The normalized spacial score (nSPS) is 15.6. The van der Waals surface area contributed by atoms with Crippen molar-refractivity contribution in [3.63, 3.8) is 0 Å². The van der Waals surface area contributed by atoms with Gasteiger partial charge in [0.1, 0.15) is 34.0 Å². The number of benzene rings is 6. The summed E-state index contributed by atoms with van der Waals surface area (Å²) in [6, 6.07) is 23.9. The molecule has 2 saturated heterocycles. The van der Waals surface area contributed by atoms with Gasteiger partial charge in [0.05, 0.1) is 74.1 Å². The molecule has 2 saturated carbocycles. The van der Waals surface area contributed by atoms with Gasteiger partial charge in [0.15, 0.2) is 23.1 Å². The van der Waals surface area contributed by atoms with Crippen LogP contribution in [0.15, 0.2) is 94.5 Å². The monoisotopic (exact) mass is 1530 g/mol. The van der Waals surface area contributed by atoms with Gasteiger partial charge in [-0.25, -0.2) is 18.4 Å². The molecule has 2 aliphatic carbocycles. The highest BCUT2D eigenvalue weighted by atomic mass is 35.5. The molecule has 4 aromatic heterocycles. The third-order valence-corrected chi connectivity index (χ3v) is 21.3. The number of carboxylic acid groups (broad SMARTS) is 2. The summed E-state index contributed by atoms with van der Waals surface area (Å²) >= 11 is 11.9. The van der Waals surface area contributed by atoms with Crippen LogP contribution in [0.25, 0.3) is 43.6 Å². The summed E-state index contributed by atoms with van der Waals surface area (Å²) in [7, 11) is 5.99. The number of nitrogens with one attached hydrogen (secondary N) is 2. The molecule has 4 fully saturated rings. The lowest BCUT2D eigenvalue weighted by atomic mass is 10.00. The molecule has 0 spiro atoms. The molecule has 6 aromatic carbocycles. The van der Waals surface area contributed by atoms with Crippen molar-refractivity contribution < 1.29 is 76.2 Å². The van der Waals surface area contributed by atoms with Gasteiger partial charge in [0.25, 0.3) is 11.8 Å². The molecule has 109 heavy (non-hydrogen) atoms. The SMILES string of the molecule is COc1c(N2CCNC(C)C2)c(F)c(C)c2c(=O)c(C(=O)O)c(C)n(C3CC3)c12.COc1ccc2c(c1)c(CC(=O)O)c(C)n2C(=O)c1ccc(Cl)cc1.COc1ccc2c(c1)c(CC(=O)OCOC(=O)c1c(C)n(C3CC3)c3c(OC)c(N4CCNC(C)C4)c(F)c(C)c3c1=O)c(C)n2C(=O)c1ccc(Cl)cc1. The van der Waals surface area contributed by atoms with Gasteiger partial charge in [-0.2, -0.15) is 0 Å². The van der Waals surface area contributed by atoms with E-state index in [9.17, 15) is 48.6 Å². The van der Waals surface area contributed by atoms with Crippen molar-refractivity contribution in [2.24, 2.45) is 0 Å². The van der Waals surface area contributed by atoms with E-state index in [1.54, 1.807) is 127 Å². The number of carbonyl (C=O) groups is 6. The topological polar surface area (TPSA) is 283 Å². The number of nitrogens with zero attached hydrogens (tertiary/aromatic N) is 6. The molecule has 10 aromatic rings. The van der Waals surface area contributed by atoms with E-state index in [1.807, 2.05) is 32.8 Å². The summed E-state index contributed by atoms with van der Waals surface area (Å²) < 4.78 is 71.8. The van der Waals surface area contributed by atoms with Crippen molar-refractivity contribution in [1.82, 2.24) is 28.9 Å². The molecule has 14 rings (SSSR count). The number of aliphatic carboxylic acids is 1. The molecule has 2 atom stereocenters. The highest BCUT2D eigenvalue weighted by Crippen LogP contribution is 2.49. The van der Waals surface area contributed by atoms with Crippen molar-refractivity contribution in [1.29, 1.82) is 0 Å². The number of carboxylic acids is 2. The number of halogens is 4. The number of aromatic nitrogens is 4. The Kier molecular flexibility index (Phi) is 22.7. The van der Waals surface area contributed by atoms with Crippen LogP contribution in [-0.2, 0) is 31.9 Å². The summed E-state index contributed by atoms with van der Waals surface area (Å²) in [5.74, 6) is -3.96.